The number of para-hydroxylation sites is 1. The predicted octanol–water partition coefficient (Wildman–Crippen LogP) is 4.10. The van der Waals surface area contributed by atoms with Gasteiger partial charge in [0.2, 0.25) is 0 Å². The van der Waals surface area contributed by atoms with Crippen molar-refractivity contribution in [1.82, 2.24) is 0 Å². The number of rotatable bonds is 7. The average Bonchev–Trinajstić information content (AvgIpc) is 2.56. The Labute approximate surface area is 140 Å². The van der Waals surface area contributed by atoms with Crippen LogP contribution in [0.25, 0.3) is 6.08 Å². The minimum Gasteiger partial charge on any atom is -0.279 e. The first-order valence-corrected chi connectivity index (χ1v) is 9.49. The Bertz CT molecular complexity index is 810. The Morgan fingerprint density at radius 3 is 2.52 bits per heavy atom. The Balaban J connectivity index is 2.11. The van der Waals surface area contributed by atoms with Crippen molar-refractivity contribution in [3.05, 3.63) is 65.6 Å². The van der Waals surface area contributed by atoms with E-state index in [1.165, 1.54) is 11.8 Å². The summed E-state index contributed by atoms with van der Waals surface area (Å²) < 4.78 is 27.0. The summed E-state index contributed by atoms with van der Waals surface area (Å²) in [6, 6.07) is 18.5. The van der Waals surface area contributed by atoms with Crippen molar-refractivity contribution >= 4 is 33.5 Å². The molecule has 0 bridgehead atoms. The molecular weight excluding hydrogens is 328 g/mol. The molecule has 0 aliphatic heterocycles. The summed E-state index contributed by atoms with van der Waals surface area (Å²) in [7, 11) is -3.59. The van der Waals surface area contributed by atoms with Crippen molar-refractivity contribution in [1.29, 1.82) is 5.26 Å². The molecule has 2 aromatic carbocycles. The van der Waals surface area contributed by atoms with Crippen molar-refractivity contribution in [2.24, 2.45) is 0 Å². The van der Waals surface area contributed by atoms with Crippen LogP contribution in [-0.4, -0.2) is 14.2 Å². The van der Waals surface area contributed by atoms with E-state index in [4.69, 9.17) is 5.26 Å². The van der Waals surface area contributed by atoms with E-state index in [-0.39, 0.29) is 0 Å². The fourth-order valence-electron chi connectivity index (χ4n) is 1.80. The fourth-order valence-corrected chi connectivity index (χ4v) is 3.62. The largest absolute Gasteiger partial charge is 0.279 e. The Hall–Kier alpha value is -2.23. The maximum absolute atomic E-state index is 12.2. The number of benzene rings is 2. The molecule has 0 saturated carbocycles. The van der Waals surface area contributed by atoms with Gasteiger partial charge in [-0.05, 0) is 23.8 Å². The van der Waals surface area contributed by atoms with Crippen LogP contribution in [0.15, 0.2) is 64.9 Å². The molecule has 0 radical (unpaired) electrons. The molecule has 0 fully saturated rings. The summed E-state index contributed by atoms with van der Waals surface area (Å²) in [6.45, 7) is 0. The molecule has 0 amide bonds. The maximum atomic E-state index is 12.2. The van der Waals surface area contributed by atoms with Crippen LogP contribution >= 0.6 is 11.8 Å². The SMILES string of the molecule is N#CCCSc1ccccc1NS(=O)(=O)C=Cc1ccccc1. The number of nitrogens with one attached hydrogen (secondary N) is 1. The van der Waals surface area contributed by atoms with E-state index in [1.807, 2.05) is 42.5 Å². The summed E-state index contributed by atoms with van der Waals surface area (Å²) in [4.78, 5) is 0.805. The van der Waals surface area contributed by atoms with E-state index in [0.29, 0.717) is 17.9 Å². The molecule has 6 heteroatoms. The summed E-state index contributed by atoms with van der Waals surface area (Å²) >= 11 is 1.45. The van der Waals surface area contributed by atoms with Gasteiger partial charge in [-0.15, -0.1) is 11.8 Å². The average molecular weight is 344 g/mol. The lowest BCUT2D eigenvalue weighted by Gasteiger charge is -2.09. The molecule has 23 heavy (non-hydrogen) atoms. The minimum atomic E-state index is -3.59. The highest BCUT2D eigenvalue weighted by Gasteiger charge is 2.09. The first kappa shape index (κ1) is 17.1. The Morgan fingerprint density at radius 1 is 1.09 bits per heavy atom. The number of anilines is 1. The number of sulfonamides is 1. The Kier molecular flexibility index (Phi) is 6.27. The van der Waals surface area contributed by atoms with E-state index in [0.717, 1.165) is 15.9 Å². The van der Waals surface area contributed by atoms with E-state index < -0.39 is 10.0 Å². The molecule has 4 nitrogen and oxygen atoms in total. The van der Waals surface area contributed by atoms with E-state index in [9.17, 15) is 8.42 Å². The van der Waals surface area contributed by atoms with Crippen LogP contribution in [0.2, 0.25) is 0 Å². The second-order valence-corrected chi connectivity index (χ2v) is 7.32. The van der Waals surface area contributed by atoms with Crippen LogP contribution < -0.4 is 4.72 Å². The minimum absolute atomic E-state index is 0.416. The van der Waals surface area contributed by atoms with Gasteiger partial charge in [-0.3, -0.25) is 4.72 Å². The van der Waals surface area contributed by atoms with Crippen molar-refractivity contribution in [3.63, 3.8) is 0 Å². The van der Waals surface area contributed by atoms with Crippen molar-refractivity contribution < 1.29 is 8.42 Å². The van der Waals surface area contributed by atoms with Gasteiger partial charge in [0.1, 0.15) is 0 Å². The molecule has 0 aliphatic carbocycles. The van der Waals surface area contributed by atoms with Crippen LogP contribution in [0, 0.1) is 11.3 Å². The molecule has 0 aromatic heterocycles. The summed E-state index contributed by atoms with van der Waals surface area (Å²) in [6.07, 6.45) is 1.97. The van der Waals surface area contributed by atoms with Crippen LogP contribution in [0.1, 0.15) is 12.0 Å². The van der Waals surface area contributed by atoms with Gasteiger partial charge in [0, 0.05) is 17.1 Å². The lowest BCUT2D eigenvalue weighted by Crippen LogP contribution is -2.09. The molecule has 2 aromatic rings. The zero-order valence-electron chi connectivity index (χ0n) is 12.3. The van der Waals surface area contributed by atoms with Gasteiger partial charge in [0.15, 0.2) is 0 Å². The van der Waals surface area contributed by atoms with Gasteiger partial charge in [0.25, 0.3) is 10.0 Å². The van der Waals surface area contributed by atoms with E-state index in [1.54, 1.807) is 18.2 Å². The molecular formula is C17H16N2O2S2. The van der Waals surface area contributed by atoms with E-state index in [2.05, 4.69) is 10.8 Å². The lowest BCUT2D eigenvalue weighted by molar-refractivity contribution is 0.609. The molecule has 2 rings (SSSR count). The van der Waals surface area contributed by atoms with Crippen LogP contribution in [0.3, 0.4) is 0 Å². The quantitative estimate of drug-likeness (QED) is 0.606. The van der Waals surface area contributed by atoms with Crippen molar-refractivity contribution in [2.75, 3.05) is 10.5 Å². The fraction of sp³-hybridized carbons (Fsp3) is 0.118. The summed E-state index contributed by atoms with van der Waals surface area (Å²) in [5, 5.41) is 9.75. The highest BCUT2D eigenvalue weighted by Crippen LogP contribution is 2.28. The Morgan fingerprint density at radius 2 is 1.78 bits per heavy atom. The molecule has 118 valence electrons. The number of hydrogen-bond acceptors (Lipinski definition) is 4. The van der Waals surface area contributed by atoms with Crippen LogP contribution in [-0.2, 0) is 10.0 Å². The predicted molar refractivity (Wildman–Crippen MR) is 95.4 cm³/mol. The molecule has 0 aliphatic rings. The topological polar surface area (TPSA) is 70.0 Å². The third-order valence-electron chi connectivity index (χ3n) is 2.85. The smallest absolute Gasteiger partial charge is 0.255 e. The molecule has 0 saturated heterocycles. The van der Waals surface area contributed by atoms with Crippen LogP contribution in [0.5, 0.6) is 0 Å². The lowest BCUT2D eigenvalue weighted by atomic mass is 10.2. The molecule has 0 spiro atoms. The van der Waals surface area contributed by atoms with Gasteiger partial charge in [0.05, 0.1) is 17.2 Å². The monoisotopic (exact) mass is 344 g/mol. The second-order valence-electron chi connectivity index (χ2n) is 4.61. The number of nitriles is 1. The van der Waals surface area contributed by atoms with E-state index >= 15 is 0 Å². The highest BCUT2D eigenvalue weighted by molar-refractivity contribution is 7.99. The van der Waals surface area contributed by atoms with Gasteiger partial charge >= 0.3 is 0 Å². The van der Waals surface area contributed by atoms with Crippen molar-refractivity contribution in [3.8, 4) is 6.07 Å². The number of hydrogen-bond donors (Lipinski definition) is 1. The maximum Gasteiger partial charge on any atom is 0.255 e. The zero-order chi connectivity index (χ0) is 16.5. The van der Waals surface area contributed by atoms with Gasteiger partial charge in [-0.25, -0.2) is 8.42 Å². The third-order valence-corrected chi connectivity index (χ3v) is 4.92. The van der Waals surface area contributed by atoms with Crippen LogP contribution in [0.4, 0.5) is 5.69 Å². The first-order chi connectivity index (χ1) is 11.1. The first-order valence-electron chi connectivity index (χ1n) is 6.95. The van der Waals surface area contributed by atoms with Crippen molar-refractivity contribution in [2.45, 2.75) is 11.3 Å². The standard InChI is InChI=1S/C17H16N2O2S2/c18-12-6-13-22-17-10-5-4-9-16(17)19-23(20,21)14-11-15-7-2-1-3-8-15/h1-5,7-11,14,19H,6,13H2. The number of nitrogens with zero attached hydrogens (tertiary/aromatic N) is 1. The van der Waals surface area contributed by atoms with Gasteiger partial charge in [-0.1, -0.05) is 42.5 Å². The molecule has 1 N–H and O–H groups in total. The zero-order valence-corrected chi connectivity index (χ0v) is 14.0. The second kappa shape index (κ2) is 8.42. The third kappa shape index (κ3) is 5.81. The molecule has 0 atom stereocenters. The summed E-state index contributed by atoms with van der Waals surface area (Å²) in [5.74, 6) is 0.620. The summed E-state index contributed by atoms with van der Waals surface area (Å²) in [5.41, 5.74) is 1.34. The number of thioether (sulfide) groups is 1. The van der Waals surface area contributed by atoms with Gasteiger partial charge < -0.3 is 0 Å². The molecule has 0 unspecified atom stereocenters. The highest BCUT2D eigenvalue weighted by atomic mass is 32.2. The normalized spacial score (nSPS) is 11.3. The molecule has 0 heterocycles. The van der Waals surface area contributed by atoms with Gasteiger partial charge in [-0.2, -0.15) is 5.26 Å².